The second-order valence-corrected chi connectivity index (χ2v) is 7.01. The Balaban J connectivity index is 0.000000233. The van der Waals surface area contributed by atoms with Crippen molar-refractivity contribution in [2.24, 2.45) is 4.99 Å². The quantitative estimate of drug-likeness (QED) is 0.239. The summed E-state index contributed by atoms with van der Waals surface area (Å²) in [6, 6.07) is 36.7. The molecule has 0 atom stereocenters. The molecule has 171 valence electrons. The topological polar surface area (TPSA) is 41.8 Å². The zero-order chi connectivity index (χ0) is 23.7. The molecule has 1 N–H and O–H groups in total. The normalized spacial score (nSPS) is 10.8. The third-order valence-electron chi connectivity index (χ3n) is 4.25. The smallest absolute Gasteiger partial charge is 0.507 e. The summed E-state index contributed by atoms with van der Waals surface area (Å²) < 4.78 is 5.21. The summed E-state index contributed by atoms with van der Waals surface area (Å²) in [6.07, 6.45) is 0. The molecule has 34 heavy (non-hydrogen) atoms. The molecule has 3 nitrogen and oxygen atoms in total. The standard InChI is InChI=1S/C9H9NO2.3C7H7.Ti/c11-8-4-2-1-3-7(8)9-10-5-6-12-9;3*1-7-5-3-2-4-6-7;/h1-4,11H,5-6H2;3*2-6H,1H2;/q;3*-1;+3. The summed E-state index contributed by atoms with van der Waals surface area (Å²) >= 11 is 0. The summed E-state index contributed by atoms with van der Waals surface area (Å²) in [7, 11) is 0. The van der Waals surface area contributed by atoms with Crippen molar-refractivity contribution in [2.75, 3.05) is 13.2 Å². The fourth-order valence-electron chi connectivity index (χ4n) is 2.59. The van der Waals surface area contributed by atoms with E-state index >= 15 is 0 Å². The molecule has 1 heterocycles. The van der Waals surface area contributed by atoms with E-state index in [2.05, 4.69) is 25.8 Å². The van der Waals surface area contributed by atoms with E-state index in [9.17, 15) is 5.11 Å². The van der Waals surface area contributed by atoms with Crippen LogP contribution in [0.15, 0.2) is 120 Å². The van der Waals surface area contributed by atoms with E-state index in [0.717, 1.165) is 16.7 Å². The summed E-state index contributed by atoms with van der Waals surface area (Å²) in [5.41, 5.74) is 3.89. The molecule has 0 saturated heterocycles. The van der Waals surface area contributed by atoms with Crippen LogP contribution in [-0.4, -0.2) is 24.2 Å². The molecule has 4 heteroatoms. The Morgan fingerprint density at radius 2 is 0.971 bits per heavy atom. The van der Waals surface area contributed by atoms with Crippen molar-refractivity contribution in [1.29, 1.82) is 0 Å². The number of ether oxygens (including phenoxy) is 1. The number of rotatable bonds is 1. The zero-order valence-electron chi connectivity index (χ0n) is 19.3. The third kappa shape index (κ3) is 11.9. The monoisotopic (exact) mass is 484 g/mol. The van der Waals surface area contributed by atoms with Crippen molar-refractivity contribution in [3.05, 3.63) is 158 Å². The van der Waals surface area contributed by atoms with Crippen LogP contribution in [0.5, 0.6) is 5.75 Å². The molecular formula is C30H30NO2Ti. The van der Waals surface area contributed by atoms with E-state index in [0.29, 0.717) is 24.6 Å². The van der Waals surface area contributed by atoms with E-state index in [1.165, 1.54) is 0 Å². The Hall–Kier alpha value is -3.53. The number of para-hydroxylation sites is 1. The number of phenols is 1. The van der Waals surface area contributed by atoms with E-state index in [-0.39, 0.29) is 27.5 Å². The maximum atomic E-state index is 9.41. The van der Waals surface area contributed by atoms with Crippen molar-refractivity contribution >= 4 is 5.90 Å². The van der Waals surface area contributed by atoms with Crippen LogP contribution in [-0.2, 0) is 26.5 Å². The minimum absolute atomic E-state index is 0. The van der Waals surface area contributed by atoms with Crippen LogP contribution in [0.1, 0.15) is 22.3 Å². The summed E-state index contributed by atoms with van der Waals surface area (Å²) in [5.74, 6) is 0.770. The van der Waals surface area contributed by atoms with Gasteiger partial charge >= 0.3 is 21.7 Å². The Labute approximate surface area is 219 Å². The Morgan fingerprint density at radius 1 is 0.588 bits per heavy atom. The molecule has 0 saturated carbocycles. The van der Waals surface area contributed by atoms with E-state index in [1.54, 1.807) is 18.2 Å². The first-order valence-corrected chi connectivity index (χ1v) is 10.6. The molecule has 0 fully saturated rings. The summed E-state index contributed by atoms with van der Waals surface area (Å²) in [5, 5.41) is 9.41. The molecule has 0 bridgehead atoms. The van der Waals surface area contributed by atoms with Crippen molar-refractivity contribution in [2.45, 2.75) is 0 Å². The van der Waals surface area contributed by atoms with Gasteiger partial charge in [-0.15, -0.1) is 36.4 Å². The fourth-order valence-corrected chi connectivity index (χ4v) is 2.59. The van der Waals surface area contributed by atoms with Crippen LogP contribution in [0.25, 0.3) is 0 Å². The predicted octanol–water partition coefficient (Wildman–Crippen LogP) is 6.77. The van der Waals surface area contributed by atoms with Gasteiger partial charge in [0.05, 0.1) is 12.1 Å². The second-order valence-electron chi connectivity index (χ2n) is 7.01. The summed E-state index contributed by atoms with van der Waals surface area (Å²) in [6.45, 7) is 12.5. The molecule has 0 spiro atoms. The number of aromatic hydroxyl groups is 1. The minimum Gasteiger partial charge on any atom is -0.507 e. The van der Waals surface area contributed by atoms with Gasteiger partial charge in [0.25, 0.3) is 0 Å². The number of nitrogens with zero attached hydrogens (tertiary/aromatic N) is 1. The fraction of sp³-hybridized carbons (Fsp3) is 0.0667. The van der Waals surface area contributed by atoms with Crippen LogP contribution >= 0.6 is 0 Å². The van der Waals surface area contributed by atoms with Gasteiger partial charge in [0.1, 0.15) is 12.4 Å². The maximum absolute atomic E-state index is 9.41. The average molecular weight is 484 g/mol. The molecule has 5 rings (SSSR count). The molecule has 1 aliphatic rings. The predicted molar refractivity (Wildman–Crippen MR) is 138 cm³/mol. The van der Waals surface area contributed by atoms with E-state index in [1.807, 2.05) is 97.1 Å². The zero-order valence-corrected chi connectivity index (χ0v) is 20.9. The van der Waals surface area contributed by atoms with Crippen LogP contribution in [0.3, 0.4) is 0 Å². The number of aliphatic imine (C=N–C) groups is 1. The first-order chi connectivity index (χ1) is 16.1. The van der Waals surface area contributed by atoms with Gasteiger partial charge in [-0.25, -0.2) is 4.99 Å². The number of hydrogen-bond donors (Lipinski definition) is 1. The van der Waals surface area contributed by atoms with Crippen molar-refractivity contribution in [3.8, 4) is 5.75 Å². The Morgan fingerprint density at radius 3 is 1.26 bits per heavy atom. The number of phenolic OH excluding ortho intramolecular Hbond substituents is 1. The van der Waals surface area contributed by atoms with E-state index in [4.69, 9.17) is 4.74 Å². The van der Waals surface area contributed by atoms with Gasteiger partial charge in [-0.2, -0.15) is 73.9 Å². The molecule has 0 unspecified atom stereocenters. The second kappa shape index (κ2) is 17.0. The summed E-state index contributed by atoms with van der Waals surface area (Å²) in [4.78, 5) is 4.10. The van der Waals surface area contributed by atoms with E-state index < -0.39 is 0 Å². The SMILES string of the molecule is Oc1ccccc1C1=NCCO1.[CH2-]c1ccccc1.[CH2-]c1ccccc1.[CH2-]c1ccccc1.[Ti+3]. The van der Waals surface area contributed by atoms with Crippen LogP contribution in [0.4, 0.5) is 0 Å². The van der Waals surface area contributed by atoms with Gasteiger partial charge in [-0.1, -0.05) is 30.3 Å². The van der Waals surface area contributed by atoms with Crippen molar-refractivity contribution in [1.82, 2.24) is 0 Å². The average Bonchev–Trinajstić information content (AvgIpc) is 3.37. The molecule has 0 aromatic heterocycles. The van der Waals surface area contributed by atoms with Crippen molar-refractivity contribution < 1.29 is 31.6 Å². The van der Waals surface area contributed by atoms with Gasteiger partial charge < -0.3 is 9.84 Å². The minimum atomic E-state index is 0. The van der Waals surface area contributed by atoms with Gasteiger partial charge in [0.2, 0.25) is 5.90 Å². The van der Waals surface area contributed by atoms with Gasteiger partial charge in [0, 0.05) is 0 Å². The molecule has 4 aromatic rings. The van der Waals surface area contributed by atoms with Gasteiger partial charge in [0.15, 0.2) is 0 Å². The molecule has 0 amide bonds. The first kappa shape index (κ1) is 28.5. The molecule has 4 aromatic carbocycles. The largest absolute Gasteiger partial charge is 3.00 e. The molecule has 1 aliphatic heterocycles. The van der Waals surface area contributed by atoms with Crippen molar-refractivity contribution in [3.63, 3.8) is 0 Å². The van der Waals surface area contributed by atoms with Crippen LogP contribution < -0.4 is 0 Å². The Kier molecular flexibility index (Phi) is 14.3. The molecular weight excluding hydrogens is 454 g/mol. The van der Waals surface area contributed by atoms with Crippen LogP contribution in [0, 0.1) is 20.8 Å². The number of benzene rings is 4. The third-order valence-corrected chi connectivity index (χ3v) is 4.25. The Bertz CT molecular complexity index is 979. The first-order valence-electron chi connectivity index (χ1n) is 10.6. The number of hydrogen-bond acceptors (Lipinski definition) is 3. The maximum Gasteiger partial charge on any atom is 3.00 e. The molecule has 0 aliphatic carbocycles. The van der Waals surface area contributed by atoms with Gasteiger partial charge in [-0.3, -0.25) is 0 Å². The van der Waals surface area contributed by atoms with Crippen LogP contribution in [0.2, 0.25) is 0 Å². The molecule has 1 radical (unpaired) electrons. The van der Waals surface area contributed by atoms with Gasteiger partial charge in [-0.05, 0) is 12.1 Å².